The van der Waals surface area contributed by atoms with Crippen LogP contribution < -0.4 is 16.6 Å². The van der Waals surface area contributed by atoms with Crippen LogP contribution >= 0.6 is 0 Å². The summed E-state index contributed by atoms with van der Waals surface area (Å²) in [5.74, 6) is -0.828. The quantitative estimate of drug-likeness (QED) is 0.579. The highest BCUT2D eigenvalue weighted by Crippen LogP contribution is 2.34. The molecule has 10 heteroatoms. The highest BCUT2D eigenvalue weighted by molar-refractivity contribution is 5.92. The van der Waals surface area contributed by atoms with Crippen LogP contribution in [0.25, 0.3) is 10.9 Å². The molecule has 0 atom stereocenters. The number of nitrogens with one attached hydrogen (secondary N) is 1. The summed E-state index contributed by atoms with van der Waals surface area (Å²) in [6.45, 7) is -0.154. The van der Waals surface area contributed by atoms with Gasteiger partial charge in [0.05, 0.1) is 22.2 Å². The molecule has 0 aliphatic heterocycles. The van der Waals surface area contributed by atoms with Crippen LogP contribution in [0.2, 0.25) is 0 Å². The molecular formula is C21H20F3N3O4. The van der Waals surface area contributed by atoms with E-state index in [0.29, 0.717) is 13.0 Å². The number of carbonyl (C=O) groups is 1. The number of aromatic nitrogens is 2. The van der Waals surface area contributed by atoms with Crippen LogP contribution in [-0.2, 0) is 28.8 Å². The van der Waals surface area contributed by atoms with Crippen LogP contribution in [0.5, 0.6) is 0 Å². The Kier molecular flexibility index (Phi) is 6.59. The first-order chi connectivity index (χ1) is 14.7. The smallest absolute Gasteiger partial charge is 0.385 e. The third kappa shape index (κ3) is 4.85. The third-order valence-corrected chi connectivity index (χ3v) is 4.67. The van der Waals surface area contributed by atoms with Gasteiger partial charge in [-0.15, -0.1) is 0 Å². The summed E-state index contributed by atoms with van der Waals surface area (Å²) in [4.78, 5) is 38.2. The van der Waals surface area contributed by atoms with Crippen LogP contribution in [0.15, 0.2) is 58.1 Å². The lowest BCUT2D eigenvalue weighted by Gasteiger charge is -2.16. The largest absolute Gasteiger partial charge is 0.418 e. The van der Waals surface area contributed by atoms with E-state index >= 15 is 0 Å². The maximum Gasteiger partial charge on any atom is 0.418 e. The topological polar surface area (TPSA) is 82.3 Å². The number of ether oxygens (including phenoxy) is 1. The Morgan fingerprint density at radius 2 is 1.71 bits per heavy atom. The Hall–Kier alpha value is -3.40. The van der Waals surface area contributed by atoms with E-state index < -0.39 is 41.1 Å². The minimum atomic E-state index is -4.65. The molecule has 0 radical (unpaired) electrons. The van der Waals surface area contributed by atoms with Crippen molar-refractivity contribution in [3.05, 3.63) is 74.9 Å². The number of hydrogen-bond donors (Lipinski definition) is 1. The van der Waals surface area contributed by atoms with Crippen LogP contribution in [0.4, 0.5) is 18.9 Å². The Labute approximate surface area is 174 Å². The zero-order valence-electron chi connectivity index (χ0n) is 16.6. The molecule has 3 aromatic rings. The Bertz CT molecular complexity index is 1210. The van der Waals surface area contributed by atoms with E-state index in [0.717, 1.165) is 21.3 Å². The van der Waals surface area contributed by atoms with Gasteiger partial charge in [0.2, 0.25) is 5.91 Å². The molecule has 1 amide bonds. The number of anilines is 1. The van der Waals surface area contributed by atoms with Crippen molar-refractivity contribution in [2.24, 2.45) is 0 Å². The van der Waals surface area contributed by atoms with Gasteiger partial charge in [0.25, 0.3) is 5.56 Å². The number of alkyl halides is 3. The standard InChI is InChI=1S/C21H20F3N3O4/c1-31-12-6-11-26-19(29)14-7-2-5-10-17(14)27(20(26)30)13-18(28)25-16-9-4-3-8-15(16)21(22,23)24/h2-5,7-10H,6,11-13H2,1H3,(H,25,28). The van der Waals surface area contributed by atoms with Crippen molar-refractivity contribution in [3.63, 3.8) is 0 Å². The number of benzene rings is 2. The first-order valence-corrected chi connectivity index (χ1v) is 9.41. The van der Waals surface area contributed by atoms with Crippen LogP contribution in [0.1, 0.15) is 12.0 Å². The first kappa shape index (κ1) is 22.3. The van der Waals surface area contributed by atoms with Gasteiger partial charge < -0.3 is 10.1 Å². The van der Waals surface area contributed by atoms with Crippen LogP contribution in [0.3, 0.4) is 0 Å². The molecule has 3 rings (SSSR count). The van der Waals surface area contributed by atoms with Crippen molar-refractivity contribution >= 4 is 22.5 Å². The number of methoxy groups -OCH3 is 1. The van der Waals surface area contributed by atoms with E-state index in [1.165, 1.54) is 31.4 Å². The number of rotatable bonds is 7. The minimum absolute atomic E-state index is 0.0782. The van der Waals surface area contributed by atoms with Crippen molar-refractivity contribution < 1.29 is 22.7 Å². The summed E-state index contributed by atoms with van der Waals surface area (Å²) in [7, 11) is 1.49. The number of halogens is 3. The maximum absolute atomic E-state index is 13.2. The number of amides is 1. The molecule has 164 valence electrons. The molecule has 0 saturated heterocycles. The van der Waals surface area contributed by atoms with Crippen molar-refractivity contribution in [1.29, 1.82) is 0 Å². The number of carbonyl (C=O) groups excluding carboxylic acids is 1. The fourth-order valence-electron chi connectivity index (χ4n) is 3.26. The Morgan fingerprint density at radius 1 is 1.03 bits per heavy atom. The fraction of sp³-hybridized carbons (Fsp3) is 0.286. The van der Waals surface area contributed by atoms with Gasteiger partial charge >= 0.3 is 11.9 Å². The molecule has 0 spiro atoms. The molecule has 0 unspecified atom stereocenters. The number of hydrogen-bond acceptors (Lipinski definition) is 4. The number of fused-ring (bicyclic) bond motifs is 1. The molecule has 0 aliphatic rings. The summed E-state index contributed by atoms with van der Waals surface area (Å²) in [6, 6.07) is 10.8. The monoisotopic (exact) mass is 435 g/mol. The van der Waals surface area contributed by atoms with Crippen LogP contribution in [0, 0.1) is 0 Å². The van der Waals surface area contributed by atoms with Crippen molar-refractivity contribution in [2.45, 2.75) is 25.7 Å². The maximum atomic E-state index is 13.2. The zero-order chi connectivity index (χ0) is 22.6. The second-order valence-corrected chi connectivity index (χ2v) is 6.78. The van der Waals surface area contributed by atoms with E-state index in [9.17, 15) is 27.6 Å². The van der Waals surface area contributed by atoms with Gasteiger partial charge in [-0.3, -0.25) is 18.7 Å². The Morgan fingerprint density at radius 3 is 2.42 bits per heavy atom. The highest BCUT2D eigenvalue weighted by Gasteiger charge is 2.33. The summed E-state index contributed by atoms with van der Waals surface area (Å²) in [5, 5.41) is 2.44. The van der Waals surface area contributed by atoms with E-state index in [2.05, 4.69) is 5.32 Å². The molecule has 0 bridgehead atoms. The molecule has 1 N–H and O–H groups in total. The molecule has 0 saturated carbocycles. The molecule has 2 aromatic carbocycles. The van der Waals surface area contributed by atoms with E-state index in [-0.39, 0.29) is 17.4 Å². The lowest BCUT2D eigenvalue weighted by Crippen LogP contribution is -2.42. The predicted molar refractivity (Wildman–Crippen MR) is 109 cm³/mol. The summed E-state index contributed by atoms with van der Waals surface area (Å²) in [6.07, 6.45) is -4.25. The molecule has 0 fully saturated rings. The molecule has 7 nitrogen and oxygen atoms in total. The van der Waals surface area contributed by atoms with Gasteiger partial charge in [-0.2, -0.15) is 13.2 Å². The second-order valence-electron chi connectivity index (χ2n) is 6.78. The molecular weight excluding hydrogens is 415 g/mol. The SMILES string of the molecule is COCCCn1c(=O)c2ccccc2n(CC(=O)Nc2ccccc2C(F)(F)F)c1=O. The number of para-hydroxylation sites is 2. The average molecular weight is 435 g/mol. The summed E-state index contributed by atoms with van der Waals surface area (Å²) < 4.78 is 46.6. The first-order valence-electron chi connectivity index (χ1n) is 9.41. The van der Waals surface area contributed by atoms with Gasteiger partial charge in [0.15, 0.2) is 0 Å². The predicted octanol–water partition coefficient (Wildman–Crippen LogP) is 2.86. The lowest BCUT2D eigenvalue weighted by atomic mass is 10.1. The number of nitrogens with zero attached hydrogens (tertiary/aromatic N) is 2. The minimum Gasteiger partial charge on any atom is -0.385 e. The second kappa shape index (κ2) is 9.17. The lowest BCUT2D eigenvalue weighted by molar-refractivity contribution is -0.137. The van der Waals surface area contributed by atoms with E-state index in [4.69, 9.17) is 4.74 Å². The molecule has 1 aromatic heterocycles. The summed E-state index contributed by atoms with van der Waals surface area (Å²) >= 11 is 0. The van der Waals surface area contributed by atoms with Crippen molar-refractivity contribution in [3.8, 4) is 0 Å². The van der Waals surface area contributed by atoms with Gasteiger partial charge in [0.1, 0.15) is 6.54 Å². The van der Waals surface area contributed by atoms with E-state index in [1.807, 2.05) is 0 Å². The van der Waals surface area contributed by atoms with Gasteiger partial charge in [-0.1, -0.05) is 24.3 Å². The molecule has 0 aliphatic carbocycles. The normalized spacial score (nSPS) is 11.6. The molecule has 1 heterocycles. The third-order valence-electron chi connectivity index (χ3n) is 4.67. The highest BCUT2D eigenvalue weighted by atomic mass is 19.4. The Balaban J connectivity index is 1.99. The average Bonchev–Trinajstić information content (AvgIpc) is 2.73. The van der Waals surface area contributed by atoms with Gasteiger partial charge in [0, 0.05) is 20.3 Å². The molecule has 31 heavy (non-hydrogen) atoms. The van der Waals surface area contributed by atoms with Crippen molar-refractivity contribution in [1.82, 2.24) is 9.13 Å². The van der Waals surface area contributed by atoms with Crippen LogP contribution in [-0.4, -0.2) is 28.8 Å². The zero-order valence-corrected chi connectivity index (χ0v) is 16.6. The van der Waals surface area contributed by atoms with Gasteiger partial charge in [-0.05, 0) is 30.7 Å². The summed E-state index contributed by atoms with van der Waals surface area (Å²) in [5.41, 5.74) is -2.41. The van der Waals surface area contributed by atoms with Crippen molar-refractivity contribution in [2.75, 3.05) is 19.0 Å². The van der Waals surface area contributed by atoms with E-state index in [1.54, 1.807) is 12.1 Å². The van der Waals surface area contributed by atoms with Gasteiger partial charge in [-0.25, -0.2) is 4.79 Å². The fourth-order valence-corrected chi connectivity index (χ4v) is 3.26.